The zero-order valence-electron chi connectivity index (χ0n) is 12.8. The Labute approximate surface area is 126 Å². The highest BCUT2D eigenvalue weighted by atomic mass is 32.1. The fourth-order valence-electron chi connectivity index (χ4n) is 2.19. The van der Waals surface area contributed by atoms with Crippen molar-refractivity contribution in [3.8, 4) is 0 Å². The van der Waals surface area contributed by atoms with Gasteiger partial charge in [-0.15, -0.1) is 11.3 Å². The van der Waals surface area contributed by atoms with Crippen LogP contribution in [0.4, 0.5) is 0 Å². The van der Waals surface area contributed by atoms with Crippen LogP contribution in [0.15, 0.2) is 35.7 Å². The van der Waals surface area contributed by atoms with E-state index in [1.165, 1.54) is 16.3 Å². The number of thiazole rings is 1. The molecular formula is C17H24N2S. The molecule has 1 aromatic carbocycles. The molecule has 1 atom stereocenters. The van der Waals surface area contributed by atoms with Crippen LogP contribution in [0.3, 0.4) is 0 Å². The Kier molecular flexibility index (Phi) is 4.95. The lowest BCUT2D eigenvalue weighted by Gasteiger charge is -2.17. The molecule has 1 N–H and O–H groups in total. The monoisotopic (exact) mass is 288 g/mol. The first-order valence-corrected chi connectivity index (χ1v) is 8.12. The summed E-state index contributed by atoms with van der Waals surface area (Å²) in [5.74, 6) is 0. The second-order valence-electron chi connectivity index (χ2n) is 6.12. The van der Waals surface area contributed by atoms with Gasteiger partial charge in [-0.3, -0.25) is 0 Å². The summed E-state index contributed by atoms with van der Waals surface area (Å²) in [5, 5.41) is 6.98. The molecule has 0 saturated heterocycles. The van der Waals surface area contributed by atoms with Gasteiger partial charge >= 0.3 is 0 Å². The van der Waals surface area contributed by atoms with Gasteiger partial charge in [0, 0.05) is 23.3 Å². The van der Waals surface area contributed by atoms with Crippen molar-refractivity contribution in [3.63, 3.8) is 0 Å². The molecule has 0 radical (unpaired) electrons. The molecule has 0 saturated carbocycles. The van der Waals surface area contributed by atoms with Gasteiger partial charge in [0.1, 0.15) is 0 Å². The minimum Gasteiger partial charge on any atom is -0.310 e. The first kappa shape index (κ1) is 15.2. The number of hydrogen-bond acceptors (Lipinski definition) is 3. The van der Waals surface area contributed by atoms with Crippen molar-refractivity contribution in [1.82, 2.24) is 10.3 Å². The Balaban J connectivity index is 2.15. The van der Waals surface area contributed by atoms with Crippen molar-refractivity contribution >= 4 is 11.3 Å². The summed E-state index contributed by atoms with van der Waals surface area (Å²) >= 11 is 1.77. The largest absolute Gasteiger partial charge is 0.310 e. The Hall–Kier alpha value is -1.19. The van der Waals surface area contributed by atoms with Gasteiger partial charge in [0.15, 0.2) is 0 Å². The highest BCUT2D eigenvalue weighted by molar-refractivity contribution is 7.09. The quantitative estimate of drug-likeness (QED) is 0.885. The first-order chi connectivity index (χ1) is 9.50. The molecular weight excluding hydrogens is 264 g/mol. The lowest BCUT2D eigenvalue weighted by atomic mass is 9.98. The lowest BCUT2D eigenvalue weighted by Crippen LogP contribution is -2.23. The van der Waals surface area contributed by atoms with E-state index in [9.17, 15) is 0 Å². The number of hydrogen-bond donors (Lipinski definition) is 1. The van der Waals surface area contributed by atoms with E-state index in [0.29, 0.717) is 6.04 Å². The van der Waals surface area contributed by atoms with E-state index in [-0.39, 0.29) is 5.41 Å². The van der Waals surface area contributed by atoms with Crippen LogP contribution < -0.4 is 5.32 Å². The molecule has 1 aromatic heterocycles. The number of aromatic nitrogens is 1. The molecule has 2 nitrogen and oxygen atoms in total. The minimum atomic E-state index is 0.142. The van der Waals surface area contributed by atoms with Gasteiger partial charge in [0.25, 0.3) is 0 Å². The topological polar surface area (TPSA) is 24.9 Å². The van der Waals surface area contributed by atoms with E-state index >= 15 is 0 Å². The summed E-state index contributed by atoms with van der Waals surface area (Å²) in [5.41, 5.74) is 2.66. The normalized spacial score (nSPS) is 13.4. The molecule has 20 heavy (non-hydrogen) atoms. The number of rotatable bonds is 5. The predicted molar refractivity (Wildman–Crippen MR) is 87.4 cm³/mol. The lowest BCUT2D eigenvalue weighted by molar-refractivity contribution is 0.538. The van der Waals surface area contributed by atoms with E-state index in [1.807, 2.05) is 0 Å². The molecule has 3 heteroatoms. The Morgan fingerprint density at radius 2 is 1.90 bits per heavy atom. The van der Waals surface area contributed by atoms with Crippen LogP contribution in [0.1, 0.15) is 50.0 Å². The van der Waals surface area contributed by atoms with Gasteiger partial charge < -0.3 is 5.32 Å². The highest BCUT2D eigenvalue weighted by Crippen LogP contribution is 2.27. The fraction of sp³-hybridized carbons (Fsp3) is 0.471. The minimum absolute atomic E-state index is 0.142. The summed E-state index contributed by atoms with van der Waals surface area (Å²) in [6, 6.07) is 11.0. The molecule has 0 aliphatic heterocycles. The van der Waals surface area contributed by atoms with Gasteiger partial charge in [0.2, 0.25) is 0 Å². The van der Waals surface area contributed by atoms with Crippen LogP contribution in [-0.2, 0) is 11.8 Å². The molecule has 0 aliphatic carbocycles. The van der Waals surface area contributed by atoms with Gasteiger partial charge in [-0.05, 0) is 12.1 Å². The zero-order valence-corrected chi connectivity index (χ0v) is 13.6. The maximum absolute atomic E-state index is 4.81. The molecule has 0 fully saturated rings. The van der Waals surface area contributed by atoms with Crippen LogP contribution in [0.25, 0.3) is 0 Å². The van der Waals surface area contributed by atoms with Crippen LogP contribution in [0.2, 0.25) is 0 Å². The molecule has 2 aromatic rings. The molecule has 0 spiro atoms. The van der Waals surface area contributed by atoms with Gasteiger partial charge in [-0.2, -0.15) is 0 Å². The maximum atomic E-state index is 4.81. The van der Waals surface area contributed by atoms with Crippen molar-refractivity contribution in [2.45, 2.75) is 45.6 Å². The van der Waals surface area contributed by atoms with Crippen LogP contribution in [-0.4, -0.2) is 11.5 Å². The molecule has 0 bridgehead atoms. The van der Waals surface area contributed by atoms with Crippen molar-refractivity contribution in [2.24, 2.45) is 0 Å². The molecule has 1 heterocycles. The summed E-state index contributed by atoms with van der Waals surface area (Å²) in [6.07, 6.45) is 0.949. The average Bonchev–Trinajstić information content (AvgIpc) is 2.88. The Morgan fingerprint density at radius 1 is 1.20 bits per heavy atom. The second kappa shape index (κ2) is 6.51. The van der Waals surface area contributed by atoms with Gasteiger partial charge in [-0.25, -0.2) is 4.98 Å². The Bertz CT molecular complexity index is 525. The van der Waals surface area contributed by atoms with Crippen molar-refractivity contribution in [2.75, 3.05) is 6.54 Å². The number of nitrogens with zero attached hydrogens (tertiary/aromatic N) is 1. The van der Waals surface area contributed by atoms with E-state index in [0.717, 1.165) is 13.0 Å². The van der Waals surface area contributed by atoms with Crippen molar-refractivity contribution < 1.29 is 0 Å². The molecule has 1 unspecified atom stereocenters. The van der Waals surface area contributed by atoms with Crippen LogP contribution in [0, 0.1) is 0 Å². The van der Waals surface area contributed by atoms with Crippen molar-refractivity contribution in [1.29, 1.82) is 0 Å². The maximum Gasteiger partial charge on any atom is 0.0981 e. The zero-order chi connectivity index (χ0) is 14.6. The number of benzene rings is 1. The smallest absolute Gasteiger partial charge is 0.0981 e. The number of likely N-dealkylation sites (N-methyl/N-ethyl adjacent to an activating group) is 1. The summed E-state index contributed by atoms with van der Waals surface area (Å²) in [6.45, 7) is 9.77. The molecule has 108 valence electrons. The molecule has 0 aliphatic rings. The predicted octanol–water partition coefficient (Wildman–Crippen LogP) is 4.33. The van der Waals surface area contributed by atoms with E-state index in [2.05, 4.69) is 68.7 Å². The van der Waals surface area contributed by atoms with E-state index in [4.69, 9.17) is 4.98 Å². The fourth-order valence-corrected chi connectivity index (χ4v) is 3.11. The second-order valence-corrected chi connectivity index (χ2v) is 6.98. The van der Waals surface area contributed by atoms with E-state index < -0.39 is 0 Å². The van der Waals surface area contributed by atoms with Gasteiger partial charge in [-0.1, -0.05) is 58.0 Å². The van der Waals surface area contributed by atoms with E-state index in [1.54, 1.807) is 11.3 Å². The molecule has 2 rings (SSSR count). The Morgan fingerprint density at radius 3 is 2.45 bits per heavy atom. The summed E-state index contributed by atoms with van der Waals surface area (Å²) in [7, 11) is 0. The standard InChI is InChI=1S/C17H24N2S/c1-5-18-15(13-9-7-6-8-10-13)11-14-12-20-16(19-14)17(2,3)4/h6-10,12,15,18H,5,11H2,1-4H3. The third-order valence-electron chi connectivity index (χ3n) is 3.26. The first-order valence-electron chi connectivity index (χ1n) is 7.24. The third kappa shape index (κ3) is 3.90. The SMILES string of the molecule is CCNC(Cc1csc(C(C)(C)C)n1)c1ccccc1. The summed E-state index contributed by atoms with van der Waals surface area (Å²) in [4.78, 5) is 4.81. The average molecular weight is 288 g/mol. The summed E-state index contributed by atoms with van der Waals surface area (Å²) < 4.78 is 0. The van der Waals surface area contributed by atoms with Crippen LogP contribution in [0.5, 0.6) is 0 Å². The molecule has 0 amide bonds. The highest BCUT2D eigenvalue weighted by Gasteiger charge is 2.19. The third-order valence-corrected chi connectivity index (χ3v) is 4.58. The number of nitrogens with one attached hydrogen (secondary N) is 1. The van der Waals surface area contributed by atoms with Crippen molar-refractivity contribution in [3.05, 3.63) is 52.0 Å². The van der Waals surface area contributed by atoms with Gasteiger partial charge in [0.05, 0.1) is 10.7 Å². The van der Waals surface area contributed by atoms with Crippen LogP contribution >= 0.6 is 11.3 Å².